The van der Waals surface area contributed by atoms with Crippen molar-refractivity contribution in [3.05, 3.63) is 47.3 Å². The third-order valence-corrected chi connectivity index (χ3v) is 4.18. The Labute approximate surface area is 147 Å². The lowest BCUT2D eigenvalue weighted by Gasteiger charge is -2.19. The molecule has 0 bridgehead atoms. The number of nitrogens with zero attached hydrogens (tertiary/aromatic N) is 3. The molecule has 140 valence electrons. The molecule has 7 nitrogen and oxygen atoms in total. The van der Waals surface area contributed by atoms with Crippen molar-refractivity contribution in [1.82, 2.24) is 25.6 Å². The van der Waals surface area contributed by atoms with Crippen LogP contribution in [0.25, 0.3) is 0 Å². The Hall–Kier alpha value is -2.46. The van der Waals surface area contributed by atoms with Crippen LogP contribution in [0.15, 0.2) is 30.5 Å². The van der Waals surface area contributed by atoms with Crippen molar-refractivity contribution >= 4 is 5.91 Å². The van der Waals surface area contributed by atoms with Gasteiger partial charge in [0.2, 0.25) is 0 Å². The summed E-state index contributed by atoms with van der Waals surface area (Å²) < 4.78 is 45.2. The van der Waals surface area contributed by atoms with Gasteiger partial charge in [-0.05, 0) is 17.7 Å². The second-order valence-corrected chi connectivity index (χ2v) is 5.93. The van der Waals surface area contributed by atoms with Crippen molar-refractivity contribution < 1.29 is 22.7 Å². The lowest BCUT2D eigenvalue weighted by atomic mass is 10.1. The van der Waals surface area contributed by atoms with E-state index >= 15 is 0 Å². The Morgan fingerprint density at radius 3 is 2.73 bits per heavy atom. The number of halogens is 3. The summed E-state index contributed by atoms with van der Waals surface area (Å²) in [7, 11) is 1.51. The number of hydrogen-bond donors (Lipinski definition) is 2. The van der Waals surface area contributed by atoms with Crippen molar-refractivity contribution in [3.63, 3.8) is 0 Å². The molecule has 1 saturated heterocycles. The maximum Gasteiger partial charge on any atom is 0.416 e. The quantitative estimate of drug-likeness (QED) is 0.833. The maximum atomic E-state index is 12.6. The normalized spacial score (nSPS) is 20.3. The highest BCUT2D eigenvalue weighted by Crippen LogP contribution is 2.29. The molecule has 0 aliphatic carbocycles. The van der Waals surface area contributed by atoms with E-state index in [1.54, 1.807) is 10.9 Å². The van der Waals surface area contributed by atoms with Crippen LogP contribution in [0.5, 0.6) is 0 Å². The molecule has 0 radical (unpaired) electrons. The zero-order chi connectivity index (χ0) is 18.7. The lowest BCUT2D eigenvalue weighted by molar-refractivity contribution is -0.137. The fraction of sp³-hybridized carbons (Fsp3) is 0.438. The molecular formula is C16H18F3N5O2. The maximum absolute atomic E-state index is 12.6. The van der Waals surface area contributed by atoms with Crippen LogP contribution in [0.2, 0.25) is 0 Å². The van der Waals surface area contributed by atoms with Crippen LogP contribution < -0.4 is 10.6 Å². The molecule has 2 unspecified atom stereocenters. The smallest absolute Gasteiger partial charge is 0.370 e. The summed E-state index contributed by atoms with van der Waals surface area (Å²) in [6, 6.07) is 4.72. The summed E-state index contributed by atoms with van der Waals surface area (Å²) in [6.45, 7) is 1.34. The zero-order valence-corrected chi connectivity index (χ0v) is 14.0. The van der Waals surface area contributed by atoms with Gasteiger partial charge >= 0.3 is 6.18 Å². The van der Waals surface area contributed by atoms with Gasteiger partial charge in [0.05, 0.1) is 30.5 Å². The first-order valence-corrected chi connectivity index (χ1v) is 8.01. The van der Waals surface area contributed by atoms with Crippen LogP contribution >= 0.6 is 0 Å². The Morgan fingerprint density at radius 2 is 2.08 bits per heavy atom. The first-order chi connectivity index (χ1) is 12.4. The number of aromatic nitrogens is 3. The fourth-order valence-corrected chi connectivity index (χ4v) is 2.74. The zero-order valence-electron chi connectivity index (χ0n) is 14.0. The van der Waals surface area contributed by atoms with Crippen molar-refractivity contribution in [3.8, 4) is 0 Å². The largest absolute Gasteiger partial charge is 0.416 e. The summed E-state index contributed by atoms with van der Waals surface area (Å²) in [5, 5.41) is 13.5. The molecule has 1 fully saturated rings. The highest BCUT2D eigenvalue weighted by molar-refractivity contribution is 5.91. The predicted octanol–water partition coefficient (Wildman–Crippen LogP) is 1.39. The van der Waals surface area contributed by atoms with Gasteiger partial charge in [-0.2, -0.15) is 13.2 Å². The van der Waals surface area contributed by atoms with E-state index in [1.807, 2.05) is 0 Å². The molecule has 1 aromatic carbocycles. The molecule has 1 aliphatic heterocycles. The molecule has 2 heterocycles. The number of benzene rings is 1. The minimum atomic E-state index is -4.35. The highest BCUT2D eigenvalue weighted by atomic mass is 19.4. The average molecular weight is 369 g/mol. The third kappa shape index (κ3) is 4.02. The van der Waals surface area contributed by atoms with Crippen LogP contribution in [-0.4, -0.2) is 47.1 Å². The van der Waals surface area contributed by atoms with E-state index < -0.39 is 11.7 Å². The monoisotopic (exact) mass is 369 g/mol. The third-order valence-electron chi connectivity index (χ3n) is 4.18. The second-order valence-electron chi connectivity index (χ2n) is 5.93. The van der Waals surface area contributed by atoms with E-state index in [0.717, 1.165) is 12.1 Å². The number of nitrogens with one attached hydrogen (secondary N) is 2. The van der Waals surface area contributed by atoms with Gasteiger partial charge in [-0.1, -0.05) is 17.3 Å². The lowest BCUT2D eigenvalue weighted by Crippen LogP contribution is -2.26. The molecule has 10 heteroatoms. The van der Waals surface area contributed by atoms with Gasteiger partial charge in [-0.3, -0.25) is 4.79 Å². The molecule has 1 aliphatic rings. The molecule has 2 atom stereocenters. The summed E-state index contributed by atoms with van der Waals surface area (Å²) in [5.74, 6) is -0.329. The molecule has 0 spiro atoms. The Morgan fingerprint density at radius 1 is 1.35 bits per heavy atom. The van der Waals surface area contributed by atoms with E-state index in [9.17, 15) is 18.0 Å². The van der Waals surface area contributed by atoms with Crippen LogP contribution in [0.3, 0.4) is 0 Å². The number of carbonyl (C=O) groups excluding carboxylic acids is 1. The standard InChI is InChI=1S/C16H18F3N5O2/c1-20-15(25)12-8-24(23-22-12)13-6-21-7-14(13)26-9-10-2-4-11(5-3-10)16(17,18)19/h2-5,8,13-14,21H,6-7,9H2,1H3,(H,20,25). The number of carbonyl (C=O) groups is 1. The molecular weight excluding hydrogens is 351 g/mol. The van der Waals surface area contributed by atoms with E-state index in [0.29, 0.717) is 18.7 Å². The first-order valence-electron chi connectivity index (χ1n) is 8.01. The fourth-order valence-electron chi connectivity index (χ4n) is 2.74. The number of rotatable bonds is 5. The highest BCUT2D eigenvalue weighted by Gasteiger charge is 2.32. The Bertz CT molecular complexity index is 760. The van der Waals surface area contributed by atoms with Gasteiger partial charge in [0, 0.05) is 20.1 Å². The van der Waals surface area contributed by atoms with E-state index in [2.05, 4.69) is 20.9 Å². The van der Waals surface area contributed by atoms with Gasteiger partial charge in [-0.15, -0.1) is 5.10 Å². The number of amides is 1. The molecule has 3 rings (SSSR count). The molecule has 2 N–H and O–H groups in total. The van der Waals surface area contributed by atoms with Crippen molar-refractivity contribution in [2.24, 2.45) is 0 Å². The number of hydrogen-bond acceptors (Lipinski definition) is 5. The molecule has 2 aromatic rings. The minimum Gasteiger partial charge on any atom is -0.370 e. The predicted molar refractivity (Wildman–Crippen MR) is 85.3 cm³/mol. The van der Waals surface area contributed by atoms with Gasteiger partial charge < -0.3 is 15.4 Å². The Balaban J connectivity index is 1.62. The van der Waals surface area contributed by atoms with Gasteiger partial charge in [0.15, 0.2) is 5.69 Å². The topological polar surface area (TPSA) is 81.1 Å². The molecule has 26 heavy (non-hydrogen) atoms. The van der Waals surface area contributed by atoms with Crippen LogP contribution in [-0.2, 0) is 17.5 Å². The molecule has 1 amide bonds. The van der Waals surface area contributed by atoms with Gasteiger partial charge in [-0.25, -0.2) is 4.68 Å². The van der Waals surface area contributed by atoms with Crippen LogP contribution in [0, 0.1) is 0 Å². The van der Waals surface area contributed by atoms with Crippen molar-refractivity contribution in [2.75, 3.05) is 20.1 Å². The summed E-state index contributed by atoms with van der Waals surface area (Å²) in [6.07, 6.45) is -3.04. The Kier molecular flexibility index (Phi) is 5.23. The minimum absolute atomic E-state index is 0.157. The van der Waals surface area contributed by atoms with Gasteiger partial charge in [0.25, 0.3) is 5.91 Å². The number of ether oxygens (including phenoxy) is 1. The molecule has 0 saturated carbocycles. The SMILES string of the molecule is CNC(=O)c1cn(C2CNCC2OCc2ccc(C(F)(F)F)cc2)nn1. The van der Waals surface area contributed by atoms with Crippen LogP contribution in [0.1, 0.15) is 27.7 Å². The molecule has 1 aromatic heterocycles. The summed E-state index contributed by atoms with van der Waals surface area (Å²) >= 11 is 0. The first kappa shape index (κ1) is 18.3. The average Bonchev–Trinajstić information content (AvgIpc) is 3.27. The second kappa shape index (κ2) is 7.42. The van der Waals surface area contributed by atoms with Gasteiger partial charge in [0.1, 0.15) is 0 Å². The van der Waals surface area contributed by atoms with E-state index in [1.165, 1.54) is 19.2 Å². The van der Waals surface area contributed by atoms with Crippen molar-refractivity contribution in [2.45, 2.75) is 24.9 Å². The van der Waals surface area contributed by atoms with E-state index in [-0.39, 0.29) is 30.4 Å². The van der Waals surface area contributed by atoms with Crippen molar-refractivity contribution in [1.29, 1.82) is 0 Å². The number of alkyl halides is 3. The van der Waals surface area contributed by atoms with E-state index in [4.69, 9.17) is 4.74 Å². The van der Waals surface area contributed by atoms with Crippen LogP contribution in [0.4, 0.5) is 13.2 Å². The summed E-state index contributed by atoms with van der Waals surface area (Å²) in [4.78, 5) is 11.6. The summed E-state index contributed by atoms with van der Waals surface area (Å²) in [5.41, 5.74) is 0.167.